The van der Waals surface area contributed by atoms with E-state index in [4.69, 9.17) is 11.6 Å². The van der Waals surface area contributed by atoms with E-state index in [1.54, 1.807) is 11.0 Å². The van der Waals surface area contributed by atoms with E-state index in [0.717, 1.165) is 16.8 Å². The van der Waals surface area contributed by atoms with Gasteiger partial charge < -0.3 is 4.90 Å². The van der Waals surface area contributed by atoms with Crippen LogP contribution in [0.1, 0.15) is 18.1 Å². The van der Waals surface area contributed by atoms with Crippen LogP contribution >= 0.6 is 11.6 Å². The number of para-hydroxylation sites is 1. The van der Waals surface area contributed by atoms with Gasteiger partial charge in [-0.05, 0) is 50.1 Å². The van der Waals surface area contributed by atoms with Crippen molar-refractivity contribution in [3.05, 3.63) is 70.4 Å². The fourth-order valence-electron chi connectivity index (χ4n) is 3.00. The Hall–Kier alpha value is -2.59. The zero-order valence-electron chi connectivity index (χ0n) is 14.4. The number of likely N-dealkylation sites (N-methyl/N-ethyl adjacent to an activating group) is 1. The molecule has 128 valence electrons. The third-order valence-electron chi connectivity index (χ3n) is 4.48. The molecule has 3 rings (SSSR count). The highest BCUT2D eigenvalue weighted by Crippen LogP contribution is 2.35. The zero-order valence-corrected chi connectivity index (χ0v) is 15.2. The van der Waals surface area contributed by atoms with Gasteiger partial charge >= 0.3 is 0 Å². The first-order valence-electron chi connectivity index (χ1n) is 8.14. The van der Waals surface area contributed by atoms with Gasteiger partial charge in [0.25, 0.3) is 11.8 Å². The van der Waals surface area contributed by atoms with Crippen molar-refractivity contribution in [2.24, 2.45) is 0 Å². The summed E-state index contributed by atoms with van der Waals surface area (Å²) in [5, 5.41) is -0.0448. The predicted octanol–water partition coefficient (Wildman–Crippen LogP) is 4.15. The standard InChI is InChI=1S/C20H19ClN2O2/c1-4-22(15-10-6-5-7-11-15)18-17(21)19(24)23(20(18)25)16-12-8-9-13(2)14(16)3/h5-12H,4H2,1-3H3. The smallest absolute Gasteiger partial charge is 0.283 e. The second-order valence-corrected chi connectivity index (χ2v) is 6.29. The normalized spacial score (nSPS) is 14.5. The van der Waals surface area contributed by atoms with E-state index in [2.05, 4.69) is 0 Å². The summed E-state index contributed by atoms with van der Waals surface area (Å²) in [6, 6.07) is 15.0. The van der Waals surface area contributed by atoms with Crippen LogP contribution in [0.3, 0.4) is 0 Å². The molecule has 0 aliphatic carbocycles. The van der Waals surface area contributed by atoms with Gasteiger partial charge in [0.15, 0.2) is 0 Å². The Bertz CT molecular complexity index is 875. The molecule has 0 saturated carbocycles. The molecular weight excluding hydrogens is 336 g/mol. The maximum atomic E-state index is 13.1. The highest BCUT2D eigenvalue weighted by molar-refractivity contribution is 6.53. The van der Waals surface area contributed by atoms with Crippen molar-refractivity contribution in [3.8, 4) is 0 Å². The number of aryl methyl sites for hydroxylation is 1. The second-order valence-electron chi connectivity index (χ2n) is 5.91. The van der Waals surface area contributed by atoms with Crippen molar-refractivity contribution < 1.29 is 9.59 Å². The summed E-state index contributed by atoms with van der Waals surface area (Å²) in [5.41, 5.74) is 3.52. The van der Waals surface area contributed by atoms with Crippen LogP contribution in [-0.2, 0) is 9.59 Å². The van der Waals surface area contributed by atoms with Gasteiger partial charge in [-0.1, -0.05) is 41.9 Å². The Morgan fingerprint density at radius 1 is 0.960 bits per heavy atom. The minimum Gasteiger partial charge on any atom is -0.336 e. The van der Waals surface area contributed by atoms with Crippen LogP contribution in [0.15, 0.2) is 59.3 Å². The van der Waals surface area contributed by atoms with Crippen molar-refractivity contribution >= 4 is 34.8 Å². The molecule has 2 aromatic carbocycles. The highest BCUT2D eigenvalue weighted by atomic mass is 35.5. The number of carbonyl (C=O) groups is 2. The van der Waals surface area contributed by atoms with E-state index >= 15 is 0 Å². The number of imide groups is 1. The summed E-state index contributed by atoms with van der Waals surface area (Å²) in [5.74, 6) is -0.876. The lowest BCUT2D eigenvalue weighted by atomic mass is 10.1. The Balaban J connectivity index is 2.07. The SMILES string of the molecule is CCN(C1=C(Cl)C(=O)N(c2cccc(C)c2C)C1=O)c1ccccc1. The van der Waals surface area contributed by atoms with E-state index in [9.17, 15) is 9.59 Å². The van der Waals surface area contributed by atoms with Gasteiger partial charge in [-0.3, -0.25) is 9.59 Å². The van der Waals surface area contributed by atoms with Gasteiger partial charge in [-0.2, -0.15) is 0 Å². The van der Waals surface area contributed by atoms with Gasteiger partial charge in [-0.25, -0.2) is 4.90 Å². The molecule has 1 heterocycles. The fraction of sp³-hybridized carbons (Fsp3) is 0.200. The summed E-state index contributed by atoms with van der Waals surface area (Å²) >= 11 is 6.31. The molecule has 25 heavy (non-hydrogen) atoms. The largest absolute Gasteiger partial charge is 0.336 e. The average molecular weight is 355 g/mol. The van der Waals surface area contributed by atoms with Crippen molar-refractivity contribution in [3.63, 3.8) is 0 Å². The minimum atomic E-state index is -0.482. The molecule has 0 fully saturated rings. The van der Waals surface area contributed by atoms with Gasteiger partial charge in [0, 0.05) is 12.2 Å². The molecule has 0 atom stereocenters. The molecule has 0 aromatic heterocycles. The molecule has 0 spiro atoms. The van der Waals surface area contributed by atoms with Gasteiger partial charge in [0.2, 0.25) is 0 Å². The molecule has 5 heteroatoms. The average Bonchev–Trinajstić information content (AvgIpc) is 2.83. The van der Waals surface area contributed by atoms with E-state index < -0.39 is 11.8 Å². The quantitative estimate of drug-likeness (QED) is 0.774. The molecule has 0 N–H and O–H groups in total. The summed E-state index contributed by atoms with van der Waals surface area (Å²) in [6.07, 6.45) is 0. The molecule has 2 aromatic rings. The maximum Gasteiger partial charge on any atom is 0.283 e. The second kappa shape index (κ2) is 6.73. The lowest BCUT2D eigenvalue weighted by molar-refractivity contribution is -0.120. The number of anilines is 2. The van der Waals surface area contributed by atoms with Crippen LogP contribution in [0.2, 0.25) is 0 Å². The lowest BCUT2D eigenvalue weighted by Gasteiger charge is -2.25. The van der Waals surface area contributed by atoms with Crippen molar-refractivity contribution in [1.82, 2.24) is 0 Å². The molecule has 4 nitrogen and oxygen atoms in total. The topological polar surface area (TPSA) is 40.6 Å². The van der Waals surface area contributed by atoms with E-state index in [1.807, 2.05) is 63.2 Å². The van der Waals surface area contributed by atoms with Gasteiger partial charge in [-0.15, -0.1) is 0 Å². The fourth-order valence-corrected chi connectivity index (χ4v) is 3.27. The molecule has 0 bridgehead atoms. The van der Waals surface area contributed by atoms with Crippen LogP contribution in [0.25, 0.3) is 0 Å². The van der Waals surface area contributed by atoms with Crippen molar-refractivity contribution in [1.29, 1.82) is 0 Å². The molecule has 0 unspecified atom stereocenters. The molecular formula is C20H19ClN2O2. The van der Waals surface area contributed by atoms with Gasteiger partial charge in [0.05, 0.1) is 5.69 Å². The number of halogens is 1. The van der Waals surface area contributed by atoms with Crippen LogP contribution in [0, 0.1) is 13.8 Å². The number of amides is 2. The number of hydrogen-bond donors (Lipinski definition) is 0. The number of carbonyl (C=O) groups excluding carboxylic acids is 2. The summed E-state index contributed by atoms with van der Waals surface area (Å²) in [4.78, 5) is 28.8. The Morgan fingerprint density at radius 2 is 1.64 bits per heavy atom. The number of benzene rings is 2. The third-order valence-corrected chi connectivity index (χ3v) is 4.82. The summed E-state index contributed by atoms with van der Waals surface area (Å²) in [7, 11) is 0. The van der Waals surface area contributed by atoms with E-state index in [0.29, 0.717) is 12.2 Å². The highest BCUT2D eigenvalue weighted by Gasteiger charge is 2.42. The van der Waals surface area contributed by atoms with Crippen molar-refractivity contribution in [2.45, 2.75) is 20.8 Å². The monoisotopic (exact) mass is 354 g/mol. The van der Waals surface area contributed by atoms with Crippen molar-refractivity contribution in [2.75, 3.05) is 16.3 Å². The number of hydrogen-bond acceptors (Lipinski definition) is 3. The predicted molar refractivity (Wildman–Crippen MR) is 101 cm³/mol. The third kappa shape index (κ3) is 2.83. The van der Waals surface area contributed by atoms with E-state index in [1.165, 1.54) is 4.90 Å². The van der Waals surface area contributed by atoms with Gasteiger partial charge in [0.1, 0.15) is 10.7 Å². The first-order valence-corrected chi connectivity index (χ1v) is 8.52. The lowest BCUT2D eigenvalue weighted by Crippen LogP contribution is -2.35. The number of rotatable bonds is 4. The molecule has 0 radical (unpaired) electrons. The van der Waals surface area contributed by atoms with Crippen LogP contribution in [0.4, 0.5) is 11.4 Å². The maximum absolute atomic E-state index is 13.1. The van der Waals surface area contributed by atoms with E-state index in [-0.39, 0.29) is 10.7 Å². The Kier molecular flexibility index (Phi) is 4.64. The minimum absolute atomic E-state index is 0.0448. The van der Waals surface area contributed by atoms with Crippen LogP contribution in [-0.4, -0.2) is 18.4 Å². The van der Waals surface area contributed by atoms with Crippen LogP contribution in [0.5, 0.6) is 0 Å². The first kappa shape index (κ1) is 17.2. The zero-order chi connectivity index (χ0) is 18.1. The Labute approximate surface area is 152 Å². The molecule has 2 amide bonds. The summed E-state index contributed by atoms with van der Waals surface area (Å²) in [6.45, 7) is 6.28. The number of nitrogens with zero attached hydrogens (tertiary/aromatic N) is 2. The Morgan fingerprint density at radius 3 is 2.28 bits per heavy atom. The molecule has 1 aliphatic rings. The first-order chi connectivity index (χ1) is 12.0. The molecule has 0 saturated heterocycles. The van der Waals surface area contributed by atoms with Crippen LogP contribution < -0.4 is 9.80 Å². The summed E-state index contributed by atoms with van der Waals surface area (Å²) < 4.78 is 0. The molecule has 1 aliphatic heterocycles.